The highest BCUT2D eigenvalue weighted by Crippen LogP contribution is 2.30. The summed E-state index contributed by atoms with van der Waals surface area (Å²) in [5, 5.41) is 4.47. The van der Waals surface area contributed by atoms with E-state index in [0.717, 1.165) is 15.5 Å². The molecule has 2 aromatic rings. The summed E-state index contributed by atoms with van der Waals surface area (Å²) in [4.78, 5) is 5.20. The van der Waals surface area contributed by atoms with Gasteiger partial charge in [-0.2, -0.15) is 0 Å². The first-order chi connectivity index (χ1) is 8.69. The fraction of sp³-hybridized carbons (Fsp3) is 0.154. The van der Waals surface area contributed by atoms with E-state index >= 15 is 0 Å². The van der Waals surface area contributed by atoms with Crippen molar-refractivity contribution < 1.29 is 4.39 Å². The lowest BCUT2D eigenvalue weighted by Gasteiger charge is -2.08. The Kier molecular flexibility index (Phi) is 4.58. The van der Waals surface area contributed by atoms with Crippen LogP contribution < -0.4 is 5.32 Å². The molecule has 2 nitrogen and oxygen atoms in total. The Bertz CT molecular complexity index is 531. The topological polar surface area (TPSA) is 24.9 Å². The minimum Gasteiger partial charge on any atom is -0.316 e. The number of nitrogens with zero attached hydrogens (tertiary/aromatic N) is 1. The molecule has 1 heterocycles. The van der Waals surface area contributed by atoms with Gasteiger partial charge in [0.15, 0.2) is 0 Å². The van der Waals surface area contributed by atoms with Crippen LogP contribution in [0.5, 0.6) is 0 Å². The summed E-state index contributed by atoms with van der Waals surface area (Å²) in [6.45, 7) is 0.619. The maximum Gasteiger partial charge on any atom is 0.123 e. The van der Waals surface area contributed by atoms with Crippen LogP contribution in [0.1, 0.15) is 5.56 Å². The Morgan fingerprint density at radius 3 is 2.83 bits per heavy atom. The molecular weight excluding hydrogens is 271 g/mol. The van der Waals surface area contributed by atoms with Crippen molar-refractivity contribution in [2.75, 3.05) is 7.05 Å². The van der Waals surface area contributed by atoms with Gasteiger partial charge in [0.05, 0.1) is 5.02 Å². The van der Waals surface area contributed by atoms with Crippen molar-refractivity contribution in [3.63, 3.8) is 0 Å². The van der Waals surface area contributed by atoms with Crippen molar-refractivity contribution >= 4 is 23.4 Å². The molecule has 0 aliphatic rings. The summed E-state index contributed by atoms with van der Waals surface area (Å²) in [6, 6.07) is 8.40. The van der Waals surface area contributed by atoms with Gasteiger partial charge in [0, 0.05) is 17.6 Å². The van der Waals surface area contributed by atoms with Gasteiger partial charge in [-0.15, -0.1) is 0 Å². The number of aromatic nitrogens is 1. The van der Waals surface area contributed by atoms with Gasteiger partial charge < -0.3 is 5.32 Å². The molecular formula is C13H12ClFN2S. The third-order valence-corrected chi connectivity index (χ3v) is 3.60. The van der Waals surface area contributed by atoms with Crippen molar-refractivity contribution in [2.45, 2.75) is 16.5 Å². The first-order valence-electron chi connectivity index (χ1n) is 5.41. The predicted molar refractivity (Wildman–Crippen MR) is 72.5 cm³/mol. The van der Waals surface area contributed by atoms with Crippen LogP contribution in [0, 0.1) is 5.82 Å². The van der Waals surface area contributed by atoms with E-state index in [2.05, 4.69) is 10.3 Å². The molecule has 1 N–H and O–H groups in total. The highest BCUT2D eigenvalue weighted by Gasteiger charge is 2.06. The van der Waals surface area contributed by atoms with Gasteiger partial charge in [0.25, 0.3) is 0 Å². The molecule has 2 rings (SSSR count). The number of pyridine rings is 1. The van der Waals surface area contributed by atoms with E-state index in [1.54, 1.807) is 18.3 Å². The second-order valence-electron chi connectivity index (χ2n) is 3.70. The van der Waals surface area contributed by atoms with Crippen LogP contribution in [-0.4, -0.2) is 12.0 Å². The van der Waals surface area contributed by atoms with Gasteiger partial charge >= 0.3 is 0 Å². The molecule has 0 atom stereocenters. The lowest BCUT2D eigenvalue weighted by molar-refractivity contribution is 0.621. The highest BCUT2D eigenvalue weighted by atomic mass is 35.5. The second-order valence-corrected chi connectivity index (χ2v) is 5.20. The smallest absolute Gasteiger partial charge is 0.123 e. The number of rotatable bonds is 4. The molecule has 0 aliphatic carbocycles. The zero-order chi connectivity index (χ0) is 13.0. The molecule has 0 fully saturated rings. The number of benzene rings is 1. The Morgan fingerprint density at radius 2 is 2.17 bits per heavy atom. The minimum atomic E-state index is -0.228. The van der Waals surface area contributed by atoms with Crippen molar-refractivity contribution in [1.82, 2.24) is 10.3 Å². The second kappa shape index (κ2) is 6.18. The van der Waals surface area contributed by atoms with Crippen molar-refractivity contribution in [1.29, 1.82) is 0 Å². The molecule has 0 radical (unpaired) electrons. The lowest BCUT2D eigenvalue weighted by atomic mass is 10.2. The van der Waals surface area contributed by atoms with Crippen molar-refractivity contribution in [2.24, 2.45) is 0 Å². The maximum atomic E-state index is 13.2. The van der Waals surface area contributed by atoms with E-state index < -0.39 is 0 Å². The average molecular weight is 283 g/mol. The van der Waals surface area contributed by atoms with E-state index in [4.69, 9.17) is 11.6 Å². The van der Waals surface area contributed by atoms with Gasteiger partial charge in [-0.25, -0.2) is 9.37 Å². The van der Waals surface area contributed by atoms with E-state index in [9.17, 15) is 4.39 Å². The molecule has 0 amide bonds. The van der Waals surface area contributed by atoms with Crippen LogP contribution in [0.25, 0.3) is 0 Å². The van der Waals surface area contributed by atoms with E-state index in [1.165, 1.54) is 23.9 Å². The third kappa shape index (κ3) is 3.45. The van der Waals surface area contributed by atoms with E-state index in [1.807, 2.05) is 13.1 Å². The molecule has 0 spiro atoms. The van der Waals surface area contributed by atoms with Gasteiger partial charge in [-0.05, 0) is 42.9 Å². The Balaban J connectivity index is 2.25. The third-order valence-electron chi connectivity index (χ3n) is 2.30. The van der Waals surface area contributed by atoms with E-state index in [-0.39, 0.29) is 5.82 Å². The van der Waals surface area contributed by atoms with Crippen LogP contribution >= 0.6 is 23.4 Å². The van der Waals surface area contributed by atoms with Gasteiger partial charge in [-0.3, -0.25) is 0 Å². The van der Waals surface area contributed by atoms with Crippen LogP contribution in [0.4, 0.5) is 4.39 Å². The number of halogens is 2. The molecule has 0 saturated carbocycles. The van der Waals surface area contributed by atoms with Gasteiger partial charge in [-0.1, -0.05) is 23.4 Å². The number of hydrogen-bond acceptors (Lipinski definition) is 3. The Hall–Kier alpha value is -1.10. The number of hydrogen-bond donors (Lipinski definition) is 1. The average Bonchev–Trinajstić information content (AvgIpc) is 2.36. The van der Waals surface area contributed by atoms with Crippen LogP contribution in [-0.2, 0) is 6.54 Å². The molecule has 0 saturated heterocycles. The quantitative estimate of drug-likeness (QED) is 0.925. The molecule has 5 heteroatoms. The van der Waals surface area contributed by atoms with Gasteiger partial charge in [0.2, 0.25) is 0 Å². The minimum absolute atomic E-state index is 0.228. The summed E-state index contributed by atoms with van der Waals surface area (Å²) in [5.41, 5.74) is 0.916. The predicted octanol–water partition coefficient (Wildman–Crippen LogP) is 3.74. The molecule has 1 aromatic heterocycles. The molecule has 0 bridgehead atoms. The standard InChI is InChI=1S/C13H12ClFN2S/c1-16-7-9-6-11(15)3-4-12(9)18-13-5-2-10(14)8-17-13/h2-6,8,16H,7H2,1H3. The Morgan fingerprint density at radius 1 is 1.33 bits per heavy atom. The first-order valence-corrected chi connectivity index (χ1v) is 6.61. The zero-order valence-electron chi connectivity index (χ0n) is 9.78. The summed E-state index contributed by atoms with van der Waals surface area (Å²) in [6.07, 6.45) is 1.60. The molecule has 0 unspecified atom stereocenters. The van der Waals surface area contributed by atoms with Crippen LogP contribution in [0.15, 0.2) is 46.5 Å². The SMILES string of the molecule is CNCc1cc(F)ccc1Sc1ccc(Cl)cn1. The summed E-state index contributed by atoms with van der Waals surface area (Å²) in [5.74, 6) is -0.228. The molecule has 1 aromatic carbocycles. The highest BCUT2D eigenvalue weighted by molar-refractivity contribution is 7.99. The maximum absolute atomic E-state index is 13.2. The van der Waals surface area contributed by atoms with Crippen LogP contribution in [0.3, 0.4) is 0 Å². The monoisotopic (exact) mass is 282 g/mol. The normalized spacial score (nSPS) is 10.6. The molecule has 0 aliphatic heterocycles. The summed E-state index contributed by atoms with van der Waals surface area (Å²) < 4.78 is 13.2. The fourth-order valence-electron chi connectivity index (χ4n) is 1.51. The summed E-state index contributed by atoms with van der Waals surface area (Å²) in [7, 11) is 1.83. The zero-order valence-corrected chi connectivity index (χ0v) is 11.4. The lowest BCUT2D eigenvalue weighted by Crippen LogP contribution is -2.06. The summed E-state index contributed by atoms with van der Waals surface area (Å²) >= 11 is 7.28. The Labute approximate surface area is 115 Å². The fourth-order valence-corrected chi connectivity index (χ4v) is 2.49. The van der Waals surface area contributed by atoms with E-state index in [0.29, 0.717) is 11.6 Å². The largest absolute Gasteiger partial charge is 0.316 e. The molecule has 18 heavy (non-hydrogen) atoms. The van der Waals surface area contributed by atoms with Crippen molar-refractivity contribution in [3.8, 4) is 0 Å². The first kappa shape index (κ1) is 13.3. The van der Waals surface area contributed by atoms with Gasteiger partial charge in [0.1, 0.15) is 10.8 Å². The van der Waals surface area contributed by atoms with Crippen LogP contribution in [0.2, 0.25) is 5.02 Å². The molecule has 94 valence electrons. The number of nitrogens with one attached hydrogen (secondary N) is 1. The van der Waals surface area contributed by atoms with Crippen molar-refractivity contribution in [3.05, 3.63) is 52.9 Å².